The summed E-state index contributed by atoms with van der Waals surface area (Å²) in [5.41, 5.74) is 1.86. The van der Waals surface area contributed by atoms with Crippen molar-refractivity contribution in [2.75, 3.05) is 12.4 Å². The molecule has 0 radical (unpaired) electrons. The number of rotatable bonds is 10. The normalized spacial score (nSPS) is 10.8. The summed E-state index contributed by atoms with van der Waals surface area (Å²) in [6, 6.07) is 21.4. The van der Waals surface area contributed by atoms with Crippen LogP contribution in [0.15, 0.2) is 82.4 Å². The molecule has 0 aliphatic heterocycles. The maximum Gasteiger partial charge on any atom is 0.331 e. The van der Waals surface area contributed by atoms with E-state index < -0.39 is 11.2 Å². The Morgan fingerprint density at radius 1 is 0.868 bits per heavy atom. The summed E-state index contributed by atoms with van der Waals surface area (Å²) in [6.45, 7) is 2.04. The molecule has 0 saturated heterocycles. The van der Waals surface area contributed by atoms with Gasteiger partial charge >= 0.3 is 5.69 Å². The number of carbonyl (C=O) groups excluding carboxylic acids is 2. The van der Waals surface area contributed by atoms with Gasteiger partial charge in [-0.2, -0.15) is 0 Å². The van der Waals surface area contributed by atoms with Crippen LogP contribution in [0.2, 0.25) is 0 Å². The zero-order valence-corrected chi connectivity index (χ0v) is 21.4. The molecule has 0 bridgehead atoms. The molecular weight excluding hydrogens is 484 g/mol. The van der Waals surface area contributed by atoms with Gasteiger partial charge in [0.25, 0.3) is 5.56 Å². The van der Waals surface area contributed by atoms with E-state index in [0.717, 1.165) is 15.7 Å². The quantitative estimate of drug-likeness (QED) is 0.338. The second-order valence-electron chi connectivity index (χ2n) is 8.95. The van der Waals surface area contributed by atoms with Crippen molar-refractivity contribution in [3.63, 3.8) is 0 Å². The third-order valence-electron chi connectivity index (χ3n) is 6.22. The van der Waals surface area contributed by atoms with Gasteiger partial charge in [-0.25, -0.2) is 4.79 Å². The lowest BCUT2D eigenvalue weighted by Gasteiger charge is -2.14. The number of nitrogens with one attached hydrogen (secondary N) is 2. The molecule has 4 aromatic rings. The van der Waals surface area contributed by atoms with E-state index in [-0.39, 0.29) is 37.7 Å². The number of hydrogen-bond acceptors (Lipinski definition) is 5. The molecule has 0 atom stereocenters. The van der Waals surface area contributed by atoms with Crippen LogP contribution in [0.5, 0.6) is 5.75 Å². The predicted molar refractivity (Wildman–Crippen MR) is 146 cm³/mol. The van der Waals surface area contributed by atoms with Crippen molar-refractivity contribution < 1.29 is 14.3 Å². The van der Waals surface area contributed by atoms with Gasteiger partial charge in [0, 0.05) is 30.8 Å². The Kier molecular flexibility index (Phi) is 8.37. The SMILES string of the molecule is COc1ccccc1CNC(=O)CCCn1c(=O)c2ccccc2n(CC(=O)Nc2ccc(C)cc2)c1=O. The van der Waals surface area contributed by atoms with Crippen LogP contribution < -0.4 is 26.6 Å². The van der Waals surface area contributed by atoms with Gasteiger partial charge in [0.2, 0.25) is 11.8 Å². The largest absolute Gasteiger partial charge is 0.496 e. The Morgan fingerprint density at radius 3 is 2.34 bits per heavy atom. The number of aryl methyl sites for hydroxylation is 1. The summed E-state index contributed by atoms with van der Waals surface area (Å²) in [6.07, 6.45) is 0.405. The Balaban J connectivity index is 1.47. The molecule has 2 amide bonds. The van der Waals surface area contributed by atoms with E-state index in [2.05, 4.69) is 10.6 Å². The first-order valence-electron chi connectivity index (χ1n) is 12.3. The van der Waals surface area contributed by atoms with E-state index in [1.54, 1.807) is 43.5 Å². The lowest BCUT2D eigenvalue weighted by molar-refractivity contribution is -0.121. The van der Waals surface area contributed by atoms with E-state index in [0.29, 0.717) is 28.9 Å². The van der Waals surface area contributed by atoms with E-state index in [1.165, 1.54) is 4.57 Å². The maximum absolute atomic E-state index is 13.3. The number of hydrogen-bond donors (Lipinski definition) is 2. The highest BCUT2D eigenvalue weighted by Gasteiger charge is 2.16. The fourth-order valence-corrected chi connectivity index (χ4v) is 4.23. The van der Waals surface area contributed by atoms with Crippen LogP contribution in [0.1, 0.15) is 24.0 Å². The number of amides is 2. The number of methoxy groups -OCH3 is 1. The molecule has 4 rings (SSSR count). The number of aromatic nitrogens is 2. The average molecular weight is 515 g/mol. The fourth-order valence-electron chi connectivity index (χ4n) is 4.23. The van der Waals surface area contributed by atoms with Gasteiger partial charge in [-0.15, -0.1) is 0 Å². The monoisotopic (exact) mass is 514 g/mol. The van der Waals surface area contributed by atoms with Crippen molar-refractivity contribution in [2.45, 2.75) is 39.4 Å². The fraction of sp³-hybridized carbons (Fsp3) is 0.241. The van der Waals surface area contributed by atoms with Gasteiger partial charge in [-0.1, -0.05) is 48.0 Å². The first kappa shape index (κ1) is 26.4. The Bertz CT molecular complexity index is 1570. The summed E-state index contributed by atoms with van der Waals surface area (Å²) in [5, 5.41) is 5.96. The molecule has 1 aromatic heterocycles. The van der Waals surface area contributed by atoms with Gasteiger partial charge in [0.1, 0.15) is 12.3 Å². The molecule has 0 aliphatic rings. The molecule has 3 aromatic carbocycles. The van der Waals surface area contributed by atoms with Gasteiger partial charge in [-0.05, 0) is 43.7 Å². The molecular formula is C29H30N4O5. The van der Waals surface area contributed by atoms with Gasteiger partial charge in [0.15, 0.2) is 0 Å². The molecule has 0 spiro atoms. The molecule has 2 N–H and O–H groups in total. The van der Waals surface area contributed by atoms with Gasteiger partial charge in [-0.3, -0.25) is 23.5 Å². The second kappa shape index (κ2) is 12.1. The van der Waals surface area contributed by atoms with Crippen molar-refractivity contribution in [3.8, 4) is 5.75 Å². The predicted octanol–water partition coefficient (Wildman–Crippen LogP) is 3.22. The molecule has 196 valence electrons. The molecule has 0 fully saturated rings. The Morgan fingerprint density at radius 2 is 1.58 bits per heavy atom. The highest BCUT2D eigenvalue weighted by Crippen LogP contribution is 2.17. The number of fused-ring (bicyclic) bond motifs is 1. The van der Waals surface area contributed by atoms with Crippen molar-refractivity contribution in [2.24, 2.45) is 0 Å². The summed E-state index contributed by atoms with van der Waals surface area (Å²) in [4.78, 5) is 51.6. The average Bonchev–Trinajstić information content (AvgIpc) is 2.93. The van der Waals surface area contributed by atoms with Crippen LogP contribution in [0.3, 0.4) is 0 Å². The van der Waals surface area contributed by atoms with Crippen LogP contribution in [0.25, 0.3) is 10.9 Å². The van der Waals surface area contributed by atoms with Crippen LogP contribution in [0.4, 0.5) is 5.69 Å². The molecule has 1 heterocycles. The number of carbonyl (C=O) groups is 2. The van der Waals surface area contributed by atoms with Crippen LogP contribution in [-0.4, -0.2) is 28.1 Å². The third-order valence-corrected chi connectivity index (χ3v) is 6.22. The Hall–Kier alpha value is -4.66. The number of nitrogens with zero attached hydrogens (tertiary/aromatic N) is 2. The molecule has 9 nitrogen and oxygen atoms in total. The second-order valence-corrected chi connectivity index (χ2v) is 8.95. The summed E-state index contributed by atoms with van der Waals surface area (Å²) >= 11 is 0. The first-order valence-corrected chi connectivity index (χ1v) is 12.3. The van der Waals surface area contributed by atoms with Crippen LogP contribution >= 0.6 is 0 Å². The number of anilines is 1. The standard InChI is InChI=1S/C29H30N4O5/c1-20-13-15-22(16-14-20)31-27(35)19-33-24-10-5-4-9-23(24)28(36)32(29(33)37)17-7-12-26(34)30-18-21-8-3-6-11-25(21)38-2/h3-6,8-11,13-16H,7,12,17-19H2,1-2H3,(H,30,34)(H,31,35). The van der Waals surface area contributed by atoms with Crippen LogP contribution in [-0.2, 0) is 29.2 Å². The highest BCUT2D eigenvalue weighted by molar-refractivity contribution is 5.91. The lowest BCUT2D eigenvalue weighted by atomic mass is 10.2. The lowest BCUT2D eigenvalue weighted by Crippen LogP contribution is -2.42. The van der Waals surface area contributed by atoms with E-state index in [4.69, 9.17) is 4.74 Å². The van der Waals surface area contributed by atoms with Crippen molar-refractivity contribution in [3.05, 3.63) is 105 Å². The van der Waals surface area contributed by atoms with Gasteiger partial charge < -0.3 is 15.4 Å². The van der Waals surface area contributed by atoms with Gasteiger partial charge in [0.05, 0.1) is 18.0 Å². The van der Waals surface area contributed by atoms with E-state index in [1.807, 2.05) is 43.3 Å². The minimum absolute atomic E-state index is 0.0458. The maximum atomic E-state index is 13.3. The number of benzene rings is 3. The molecule has 0 saturated carbocycles. The molecule has 0 unspecified atom stereocenters. The zero-order valence-electron chi connectivity index (χ0n) is 21.4. The van der Waals surface area contributed by atoms with E-state index in [9.17, 15) is 19.2 Å². The number of ether oxygens (including phenoxy) is 1. The summed E-state index contributed by atoms with van der Waals surface area (Å²) in [7, 11) is 1.57. The smallest absolute Gasteiger partial charge is 0.331 e. The third kappa shape index (κ3) is 6.18. The zero-order chi connectivity index (χ0) is 27.1. The minimum atomic E-state index is -0.595. The van der Waals surface area contributed by atoms with E-state index >= 15 is 0 Å². The summed E-state index contributed by atoms with van der Waals surface area (Å²) < 4.78 is 7.69. The van der Waals surface area contributed by atoms with Crippen LogP contribution in [0, 0.1) is 6.92 Å². The number of para-hydroxylation sites is 2. The Labute approximate surface area is 219 Å². The minimum Gasteiger partial charge on any atom is -0.496 e. The topological polar surface area (TPSA) is 111 Å². The first-order chi connectivity index (χ1) is 18.4. The molecule has 9 heteroatoms. The molecule has 0 aliphatic carbocycles. The highest BCUT2D eigenvalue weighted by atomic mass is 16.5. The van der Waals surface area contributed by atoms with Crippen molar-refractivity contribution >= 4 is 28.4 Å². The summed E-state index contributed by atoms with van der Waals surface area (Å²) in [5.74, 6) is 0.0899. The molecule has 38 heavy (non-hydrogen) atoms. The van der Waals surface area contributed by atoms with Crippen molar-refractivity contribution in [1.29, 1.82) is 0 Å². The van der Waals surface area contributed by atoms with Crippen molar-refractivity contribution in [1.82, 2.24) is 14.5 Å².